The van der Waals surface area contributed by atoms with Gasteiger partial charge in [-0.1, -0.05) is 0 Å². The summed E-state index contributed by atoms with van der Waals surface area (Å²) in [7, 11) is 0. The number of nitrogens with one attached hydrogen (secondary N) is 2. The molecule has 0 aromatic carbocycles. The first-order chi connectivity index (χ1) is 11.6. The predicted octanol–water partition coefficient (Wildman–Crippen LogP) is 1.55. The summed E-state index contributed by atoms with van der Waals surface area (Å²) in [6.45, 7) is 4.69. The molecular weight excluding hydrogens is 326 g/mol. The molecule has 24 heavy (non-hydrogen) atoms. The number of amides is 1. The van der Waals surface area contributed by atoms with E-state index >= 15 is 0 Å². The van der Waals surface area contributed by atoms with Crippen molar-refractivity contribution < 1.29 is 4.79 Å². The quantitative estimate of drug-likeness (QED) is 0.709. The van der Waals surface area contributed by atoms with Gasteiger partial charge in [-0.3, -0.25) is 19.3 Å². The number of aryl methyl sites for hydroxylation is 2. The highest BCUT2D eigenvalue weighted by Gasteiger charge is 2.09. The minimum atomic E-state index is -0.0612. The molecule has 0 atom stereocenters. The highest BCUT2D eigenvalue weighted by atomic mass is 32.1. The van der Waals surface area contributed by atoms with E-state index < -0.39 is 0 Å². The number of fused-ring (bicyclic) bond motifs is 1. The summed E-state index contributed by atoms with van der Waals surface area (Å²) in [6.07, 6.45) is 2.59. The molecule has 8 heteroatoms. The highest BCUT2D eigenvalue weighted by Crippen LogP contribution is 2.13. The molecule has 3 heterocycles. The number of aromatic amines is 1. The van der Waals surface area contributed by atoms with Crippen LogP contribution in [0.4, 0.5) is 0 Å². The van der Waals surface area contributed by atoms with Crippen molar-refractivity contribution in [2.75, 3.05) is 6.54 Å². The van der Waals surface area contributed by atoms with Gasteiger partial charge in [0, 0.05) is 25.2 Å². The monoisotopic (exact) mass is 345 g/mol. The van der Waals surface area contributed by atoms with Crippen LogP contribution >= 0.6 is 11.3 Å². The van der Waals surface area contributed by atoms with Gasteiger partial charge in [-0.05, 0) is 37.3 Å². The van der Waals surface area contributed by atoms with Crippen LogP contribution in [0.15, 0.2) is 22.6 Å². The van der Waals surface area contributed by atoms with Gasteiger partial charge in [-0.15, -0.1) is 11.3 Å². The summed E-state index contributed by atoms with van der Waals surface area (Å²) in [5, 5.41) is 11.7. The molecule has 0 aliphatic heterocycles. The second-order valence-corrected chi connectivity index (χ2v) is 6.56. The molecule has 2 N–H and O–H groups in total. The Bertz CT molecular complexity index is 905. The number of rotatable bonds is 6. The van der Waals surface area contributed by atoms with Gasteiger partial charge >= 0.3 is 0 Å². The van der Waals surface area contributed by atoms with E-state index in [1.165, 1.54) is 22.2 Å². The fourth-order valence-electron chi connectivity index (χ4n) is 2.62. The van der Waals surface area contributed by atoms with E-state index in [1.54, 1.807) is 0 Å². The summed E-state index contributed by atoms with van der Waals surface area (Å²) in [4.78, 5) is 28.4. The topological polar surface area (TPSA) is 92.7 Å². The van der Waals surface area contributed by atoms with Gasteiger partial charge in [0.2, 0.25) is 5.91 Å². The average Bonchev–Trinajstić information content (AvgIpc) is 3.15. The van der Waals surface area contributed by atoms with E-state index in [1.807, 2.05) is 25.3 Å². The lowest BCUT2D eigenvalue weighted by atomic mass is 10.1. The Hall–Kier alpha value is -2.48. The molecule has 0 aliphatic carbocycles. The molecule has 3 rings (SSSR count). The minimum Gasteiger partial charge on any atom is -0.354 e. The van der Waals surface area contributed by atoms with Gasteiger partial charge in [0.05, 0.1) is 17.5 Å². The molecule has 3 aromatic heterocycles. The third-order valence-electron chi connectivity index (χ3n) is 3.99. The smallest absolute Gasteiger partial charge is 0.271 e. The van der Waals surface area contributed by atoms with Gasteiger partial charge in [-0.2, -0.15) is 5.10 Å². The Kier molecular flexibility index (Phi) is 4.75. The standard InChI is InChI=1S/C16H19N5O2S/c1-10-12(11(2)20-19-10)3-4-14(22)17-6-7-21-9-18-13-5-8-24-15(13)16(21)23/h5,8-9H,3-4,6-7H2,1-2H3,(H,17,22)(H,19,20). The minimum absolute atomic E-state index is 0.0341. The first-order valence-corrected chi connectivity index (χ1v) is 8.64. The van der Waals surface area contributed by atoms with Gasteiger partial charge in [0.1, 0.15) is 4.70 Å². The molecule has 7 nitrogen and oxygen atoms in total. The van der Waals surface area contributed by atoms with Crippen LogP contribution in [0, 0.1) is 13.8 Å². The van der Waals surface area contributed by atoms with Crippen molar-refractivity contribution in [3.63, 3.8) is 0 Å². The summed E-state index contributed by atoms with van der Waals surface area (Å²) in [5.74, 6) is -0.0341. The maximum atomic E-state index is 12.2. The molecule has 0 radical (unpaired) electrons. The fraction of sp³-hybridized carbons (Fsp3) is 0.375. The van der Waals surface area contributed by atoms with E-state index in [9.17, 15) is 9.59 Å². The normalized spacial score (nSPS) is 11.1. The molecule has 0 bridgehead atoms. The van der Waals surface area contributed by atoms with Crippen LogP contribution in [0.25, 0.3) is 10.2 Å². The number of aromatic nitrogens is 4. The van der Waals surface area contributed by atoms with Crippen molar-refractivity contribution in [3.8, 4) is 0 Å². The Morgan fingerprint density at radius 2 is 2.25 bits per heavy atom. The molecule has 3 aromatic rings. The maximum absolute atomic E-state index is 12.2. The van der Waals surface area contributed by atoms with Crippen molar-refractivity contribution in [1.82, 2.24) is 25.1 Å². The first kappa shape index (κ1) is 16.4. The molecular formula is C16H19N5O2S. The number of carbonyl (C=O) groups is 1. The number of H-pyrrole nitrogens is 1. The zero-order valence-corrected chi connectivity index (χ0v) is 14.4. The number of hydrogen-bond acceptors (Lipinski definition) is 5. The zero-order valence-electron chi connectivity index (χ0n) is 13.6. The second kappa shape index (κ2) is 6.96. The van der Waals surface area contributed by atoms with E-state index in [-0.39, 0.29) is 11.5 Å². The number of thiophene rings is 1. The molecule has 0 fully saturated rings. The van der Waals surface area contributed by atoms with Crippen molar-refractivity contribution in [3.05, 3.63) is 45.1 Å². The van der Waals surface area contributed by atoms with Crippen LogP contribution in [0.1, 0.15) is 23.4 Å². The Morgan fingerprint density at radius 3 is 3.00 bits per heavy atom. The molecule has 0 saturated heterocycles. The summed E-state index contributed by atoms with van der Waals surface area (Å²) in [5.41, 5.74) is 3.68. The van der Waals surface area contributed by atoms with Crippen LogP contribution in [0.5, 0.6) is 0 Å². The van der Waals surface area contributed by atoms with Crippen LogP contribution in [0.2, 0.25) is 0 Å². The van der Waals surface area contributed by atoms with E-state index in [4.69, 9.17) is 0 Å². The van der Waals surface area contributed by atoms with Crippen molar-refractivity contribution in [1.29, 1.82) is 0 Å². The maximum Gasteiger partial charge on any atom is 0.271 e. The van der Waals surface area contributed by atoms with E-state index in [0.717, 1.165) is 22.5 Å². The van der Waals surface area contributed by atoms with E-state index in [0.29, 0.717) is 30.6 Å². The van der Waals surface area contributed by atoms with Crippen molar-refractivity contribution in [2.45, 2.75) is 33.2 Å². The molecule has 0 spiro atoms. The van der Waals surface area contributed by atoms with Crippen LogP contribution < -0.4 is 10.9 Å². The molecule has 0 aliphatic rings. The number of carbonyl (C=O) groups excluding carboxylic acids is 1. The van der Waals surface area contributed by atoms with Gasteiger partial charge in [0.15, 0.2) is 0 Å². The van der Waals surface area contributed by atoms with Crippen LogP contribution in [-0.2, 0) is 17.8 Å². The fourth-order valence-corrected chi connectivity index (χ4v) is 3.42. The summed E-state index contributed by atoms with van der Waals surface area (Å²) < 4.78 is 2.18. The molecule has 0 unspecified atom stereocenters. The van der Waals surface area contributed by atoms with Crippen molar-refractivity contribution in [2.24, 2.45) is 0 Å². The average molecular weight is 345 g/mol. The third kappa shape index (κ3) is 3.38. The Morgan fingerprint density at radius 1 is 1.42 bits per heavy atom. The Labute approximate surface area is 142 Å². The lowest BCUT2D eigenvalue weighted by Gasteiger charge is -2.07. The van der Waals surface area contributed by atoms with Crippen molar-refractivity contribution >= 4 is 27.5 Å². The third-order valence-corrected chi connectivity index (χ3v) is 4.89. The molecule has 126 valence electrons. The first-order valence-electron chi connectivity index (χ1n) is 7.76. The van der Waals surface area contributed by atoms with Crippen LogP contribution in [-0.4, -0.2) is 32.2 Å². The van der Waals surface area contributed by atoms with Gasteiger partial charge in [0.25, 0.3) is 5.56 Å². The lowest BCUT2D eigenvalue weighted by Crippen LogP contribution is -2.31. The Balaban J connectivity index is 1.51. The highest BCUT2D eigenvalue weighted by molar-refractivity contribution is 7.17. The molecule has 1 amide bonds. The largest absolute Gasteiger partial charge is 0.354 e. The number of hydrogen-bond donors (Lipinski definition) is 2. The predicted molar refractivity (Wildman–Crippen MR) is 93.3 cm³/mol. The summed E-state index contributed by atoms with van der Waals surface area (Å²) in [6, 6.07) is 1.83. The lowest BCUT2D eigenvalue weighted by molar-refractivity contribution is -0.121. The SMILES string of the molecule is Cc1n[nH]c(C)c1CCC(=O)NCCn1cnc2ccsc2c1=O. The van der Waals surface area contributed by atoms with Crippen LogP contribution in [0.3, 0.4) is 0 Å². The van der Waals surface area contributed by atoms with Gasteiger partial charge in [-0.25, -0.2) is 4.98 Å². The van der Waals surface area contributed by atoms with Gasteiger partial charge < -0.3 is 5.32 Å². The number of nitrogens with zero attached hydrogens (tertiary/aromatic N) is 3. The zero-order chi connectivity index (χ0) is 17.1. The molecule has 0 saturated carbocycles. The summed E-state index contributed by atoms with van der Waals surface area (Å²) >= 11 is 1.39. The van der Waals surface area contributed by atoms with E-state index in [2.05, 4.69) is 20.5 Å². The second-order valence-electron chi connectivity index (χ2n) is 5.64.